The maximum atomic E-state index is 11.9. The van der Waals surface area contributed by atoms with Crippen molar-refractivity contribution in [3.63, 3.8) is 0 Å². The number of ether oxygens (including phenoxy) is 2. The van der Waals surface area contributed by atoms with Gasteiger partial charge >= 0.3 is 11.9 Å². The molecule has 25 heavy (non-hydrogen) atoms. The van der Waals surface area contributed by atoms with E-state index in [0.717, 1.165) is 4.90 Å². The number of aromatic hydroxyl groups is 1. The molecule has 0 aliphatic heterocycles. The van der Waals surface area contributed by atoms with Crippen LogP contribution in [-0.4, -0.2) is 30.3 Å². The highest BCUT2D eigenvalue weighted by Gasteiger charge is 2.12. The summed E-state index contributed by atoms with van der Waals surface area (Å²) in [6.07, 6.45) is -0.182. The number of anilines is 1. The van der Waals surface area contributed by atoms with Gasteiger partial charge in [-0.05, 0) is 56.1 Å². The number of phenolic OH excluding ortho intramolecular Hbond substituents is 1. The third-order valence-electron chi connectivity index (χ3n) is 3.10. The minimum Gasteiger partial charge on any atom is -0.507 e. The number of benzene rings is 2. The molecule has 0 saturated heterocycles. The Morgan fingerprint density at radius 1 is 1.12 bits per heavy atom. The fourth-order valence-electron chi connectivity index (χ4n) is 1.96. The first-order valence-corrected chi connectivity index (χ1v) is 8.37. The van der Waals surface area contributed by atoms with Crippen molar-refractivity contribution in [1.29, 1.82) is 0 Å². The number of hydrogen-bond donors (Lipinski definition) is 2. The van der Waals surface area contributed by atoms with Crippen LogP contribution in [0.25, 0.3) is 0 Å². The molecule has 0 aliphatic rings. The van der Waals surface area contributed by atoms with Gasteiger partial charge in [0.25, 0.3) is 0 Å². The molecule has 7 heteroatoms. The lowest BCUT2D eigenvalue weighted by Gasteiger charge is -2.10. The number of hydrogen-bond acceptors (Lipinski definition) is 7. The lowest BCUT2D eigenvalue weighted by atomic mass is 10.2. The molecule has 0 aliphatic carbocycles. The molecular formula is C18H19NO5S. The zero-order valence-corrected chi connectivity index (χ0v) is 14.9. The Hall–Kier alpha value is -2.67. The summed E-state index contributed by atoms with van der Waals surface area (Å²) >= 11 is 1.27. The van der Waals surface area contributed by atoms with Crippen LogP contribution in [0.3, 0.4) is 0 Å². The number of rotatable bonds is 6. The Bertz CT molecular complexity index is 776. The molecular weight excluding hydrogens is 342 g/mol. The first kappa shape index (κ1) is 18.7. The Kier molecular flexibility index (Phi) is 6.30. The first-order chi connectivity index (χ1) is 11.9. The third-order valence-corrected chi connectivity index (χ3v) is 3.93. The summed E-state index contributed by atoms with van der Waals surface area (Å²) in [5, 5.41) is 9.88. The van der Waals surface area contributed by atoms with Gasteiger partial charge in [0, 0.05) is 16.6 Å². The molecule has 0 aromatic heterocycles. The summed E-state index contributed by atoms with van der Waals surface area (Å²) in [4.78, 5) is 24.2. The molecule has 0 amide bonds. The fraction of sp³-hybridized carbons (Fsp3) is 0.222. The van der Waals surface area contributed by atoms with Gasteiger partial charge < -0.3 is 19.3 Å². The van der Waals surface area contributed by atoms with Gasteiger partial charge in [-0.15, -0.1) is 0 Å². The van der Waals surface area contributed by atoms with Crippen LogP contribution in [-0.2, 0) is 9.47 Å². The highest BCUT2D eigenvalue weighted by atomic mass is 32.2. The molecule has 0 radical (unpaired) electrons. The Morgan fingerprint density at radius 3 is 2.52 bits per heavy atom. The van der Waals surface area contributed by atoms with Crippen molar-refractivity contribution in [3.8, 4) is 5.75 Å². The normalized spacial score (nSPS) is 10.4. The first-order valence-electron chi connectivity index (χ1n) is 7.56. The van der Waals surface area contributed by atoms with E-state index < -0.39 is 5.97 Å². The van der Waals surface area contributed by atoms with Crippen LogP contribution in [0.2, 0.25) is 0 Å². The largest absolute Gasteiger partial charge is 0.507 e. The minimum absolute atomic E-state index is 0.0940. The molecule has 0 bridgehead atoms. The third kappa shape index (κ3) is 5.15. The van der Waals surface area contributed by atoms with Gasteiger partial charge in [-0.2, -0.15) is 0 Å². The smallest absolute Gasteiger partial charge is 0.341 e. The number of nitrogens with one attached hydrogen (secondary N) is 1. The summed E-state index contributed by atoms with van der Waals surface area (Å²) in [6.45, 7) is 3.59. The lowest BCUT2D eigenvalue weighted by molar-refractivity contribution is 0.0377. The van der Waals surface area contributed by atoms with E-state index >= 15 is 0 Å². The molecule has 2 N–H and O–H groups in total. The van der Waals surface area contributed by atoms with Crippen LogP contribution in [0, 0.1) is 0 Å². The average molecular weight is 361 g/mol. The van der Waals surface area contributed by atoms with Crippen molar-refractivity contribution < 1.29 is 24.2 Å². The maximum Gasteiger partial charge on any atom is 0.341 e. The van der Waals surface area contributed by atoms with Crippen LogP contribution < -0.4 is 4.72 Å². The SMILES string of the molecule is COC(=O)c1ccc(NSc2cccc(C(=O)OC(C)C)c2)cc1O. The van der Waals surface area contributed by atoms with Crippen LogP contribution in [0.4, 0.5) is 5.69 Å². The van der Waals surface area contributed by atoms with Gasteiger partial charge in [0.15, 0.2) is 0 Å². The lowest BCUT2D eigenvalue weighted by Crippen LogP contribution is -2.11. The molecule has 132 valence electrons. The Labute approximate surface area is 150 Å². The number of methoxy groups -OCH3 is 1. The highest BCUT2D eigenvalue weighted by Crippen LogP contribution is 2.27. The van der Waals surface area contributed by atoms with Crippen molar-refractivity contribution in [1.82, 2.24) is 0 Å². The number of carbonyl (C=O) groups excluding carboxylic acids is 2. The number of phenols is 1. The van der Waals surface area contributed by atoms with Gasteiger partial charge in [-0.3, -0.25) is 0 Å². The van der Waals surface area contributed by atoms with Gasteiger partial charge in [-0.1, -0.05) is 6.07 Å². The zero-order chi connectivity index (χ0) is 18.4. The second kappa shape index (κ2) is 8.43. The van der Waals surface area contributed by atoms with Crippen molar-refractivity contribution in [2.24, 2.45) is 0 Å². The molecule has 2 aromatic carbocycles. The van der Waals surface area contributed by atoms with Crippen LogP contribution in [0.5, 0.6) is 5.75 Å². The number of carbonyl (C=O) groups is 2. The molecule has 0 spiro atoms. The molecule has 2 aromatic rings. The predicted molar refractivity (Wildman–Crippen MR) is 95.9 cm³/mol. The summed E-state index contributed by atoms with van der Waals surface area (Å²) in [6, 6.07) is 11.6. The molecule has 0 atom stereocenters. The summed E-state index contributed by atoms with van der Waals surface area (Å²) in [5.74, 6) is -1.16. The van der Waals surface area contributed by atoms with Crippen LogP contribution in [0.15, 0.2) is 47.4 Å². The van der Waals surface area contributed by atoms with Gasteiger partial charge in [0.1, 0.15) is 11.3 Å². The van der Waals surface area contributed by atoms with Crippen molar-refractivity contribution in [2.75, 3.05) is 11.8 Å². The molecule has 0 heterocycles. The Balaban J connectivity index is 2.05. The van der Waals surface area contributed by atoms with E-state index in [-0.39, 0.29) is 23.4 Å². The van der Waals surface area contributed by atoms with Crippen molar-refractivity contribution in [2.45, 2.75) is 24.8 Å². The molecule has 2 rings (SSSR count). The van der Waals surface area contributed by atoms with E-state index in [9.17, 15) is 14.7 Å². The van der Waals surface area contributed by atoms with Gasteiger partial charge in [0.2, 0.25) is 0 Å². The van der Waals surface area contributed by atoms with Crippen molar-refractivity contribution >= 4 is 29.6 Å². The van der Waals surface area contributed by atoms with Gasteiger partial charge in [-0.25, -0.2) is 9.59 Å². The predicted octanol–water partition coefficient (Wildman–Crippen LogP) is 3.86. The van der Waals surface area contributed by atoms with E-state index in [1.165, 1.54) is 31.2 Å². The summed E-state index contributed by atoms with van der Waals surface area (Å²) < 4.78 is 12.8. The van der Waals surface area contributed by atoms with E-state index in [1.807, 2.05) is 6.07 Å². The van der Waals surface area contributed by atoms with Gasteiger partial charge in [0.05, 0.1) is 18.8 Å². The summed E-state index contributed by atoms with van der Waals surface area (Å²) in [5.41, 5.74) is 1.16. The monoisotopic (exact) mass is 361 g/mol. The second-order valence-corrected chi connectivity index (χ2v) is 6.29. The average Bonchev–Trinajstić information content (AvgIpc) is 2.59. The standard InChI is InChI=1S/C18H19NO5S/c1-11(2)24-17(21)12-5-4-6-14(9-12)25-19-13-7-8-15(16(20)10-13)18(22)23-3/h4-11,19-20H,1-3H3. The van der Waals surface area contributed by atoms with E-state index in [1.54, 1.807) is 38.1 Å². The molecule has 0 unspecified atom stereocenters. The highest BCUT2D eigenvalue weighted by molar-refractivity contribution is 8.00. The maximum absolute atomic E-state index is 11.9. The van der Waals surface area contributed by atoms with E-state index in [0.29, 0.717) is 11.3 Å². The summed E-state index contributed by atoms with van der Waals surface area (Å²) in [7, 11) is 1.25. The fourth-order valence-corrected chi connectivity index (χ4v) is 2.66. The Morgan fingerprint density at radius 2 is 1.88 bits per heavy atom. The molecule has 6 nitrogen and oxygen atoms in total. The van der Waals surface area contributed by atoms with Crippen LogP contribution in [0.1, 0.15) is 34.6 Å². The topological polar surface area (TPSA) is 84.9 Å². The second-order valence-electron chi connectivity index (χ2n) is 5.41. The molecule has 0 fully saturated rings. The van der Waals surface area contributed by atoms with Crippen molar-refractivity contribution in [3.05, 3.63) is 53.6 Å². The van der Waals surface area contributed by atoms with E-state index in [4.69, 9.17) is 4.74 Å². The van der Waals surface area contributed by atoms with Crippen LogP contribution >= 0.6 is 11.9 Å². The zero-order valence-electron chi connectivity index (χ0n) is 14.1. The number of esters is 2. The van der Waals surface area contributed by atoms with E-state index in [2.05, 4.69) is 9.46 Å². The molecule has 0 saturated carbocycles. The minimum atomic E-state index is -0.604. The quantitative estimate of drug-likeness (QED) is 0.597.